The van der Waals surface area contributed by atoms with Gasteiger partial charge < -0.3 is 9.84 Å². The van der Waals surface area contributed by atoms with Crippen molar-refractivity contribution in [2.75, 3.05) is 5.32 Å². The topological polar surface area (TPSA) is 111 Å². The zero-order chi connectivity index (χ0) is 19.4. The number of carbonyl (C=O) groups is 1. The molecule has 0 aromatic carbocycles. The summed E-state index contributed by atoms with van der Waals surface area (Å²) in [6.07, 6.45) is 1.66. The second-order valence-corrected chi connectivity index (χ2v) is 6.74. The van der Waals surface area contributed by atoms with Gasteiger partial charge in [-0.1, -0.05) is 25.1 Å². The van der Waals surface area contributed by atoms with E-state index in [2.05, 4.69) is 44.7 Å². The van der Waals surface area contributed by atoms with Gasteiger partial charge in [-0.3, -0.25) is 10.3 Å². The monoisotopic (exact) mass is 369 g/mol. The maximum Gasteiger partial charge on any atom is 0.321 e. The highest BCUT2D eigenvalue weighted by atomic mass is 16.5. The van der Waals surface area contributed by atoms with Gasteiger partial charge >= 0.3 is 6.03 Å². The van der Waals surface area contributed by atoms with Crippen LogP contribution in [-0.2, 0) is 6.54 Å². The molecule has 27 heavy (non-hydrogen) atoms. The Morgan fingerprint density at radius 2 is 2.11 bits per heavy atom. The molecule has 2 amide bonds. The van der Waals surface area contributed by atoms with E-state index in [9.17, 15) is 4.79 Å². The summed E-state index contributed by atoms with van der Waals surface area (Å²) in [5.74, 6) is 1.74. The molecule has 3 heterocycles. The zero-order valence-corrected chi connectivity index (χ0v) is 15.8. The van der Waals surface area contributed by atoms with Gasteiger partial charge in [0.25, 0.3) is 0 Å². The summed E-state index contributed by atoms with van der Waals surface area (Å²) in [6.45, 7) is 8.57. The molecule has 0 aliphatic rings. The number of hydrogen-bond acceptors (Lipinski definition) is 6. The summed E-state index contributed by atoms with van der Waals surface area (Å²) in [7, 11) is 0. The van der Waals surface area contributed by atoms with Crippen molar-refractivity contribution >= 4 is 11.8 Å². The van der Waals surface area contributed by atoms with Crippen molar-refractivity contribution in [1.82, 2.24) is 30.2 Å². The van der Waals surface area contributed by atoms with Crippen molar-refractivity contribution in [2.45, 2.75) is 40.3 Å². The number of urea groups is 1. The number of nitrogens with one attached hydrogen (secondary N) is 2. The van der Waals surface area contributed by atoms with Crippen LogP contribution < -0.4 is 10.6 Å². The van der Waals surface area contributed by atoms with E-state index in [1.165, 1.54) is 0 Å². The van der Waals surface area contributed by atoms with Crippen LogP contribution in [0, 0.1) is 12.8 Å². The van der Waals surface area contributed by atoms with Gasteiger partial charge in [0.15, 0.2) is 0 Å². The maximum absolute atomic E-state index is 12.4. The minimum Gasteiger partial charge on any atom is -0.337 e. The van der Waals surface area contributed by atoms with E-state index < -0.39 is 6.04 Å². The van der Waals surface area contributed by atoms with E-state index >= 15 is 0 Å². The van der Waals surface area contributed by atoms with E-state index in [4.69, 9.17) is 4.52 Å². The number of carbonyl (C=O) groups excluding carboxylic acids is 1. The number of amides is 2. The van der Waals surface area contributed by atoms with Crippen LogP contribution in [0.15, 0.2) is 35.0 Å². The van der Waals surface area contributed by atoms with Gasteiger partial charge in [-0.2, -0.15) is 10.1 Å². The zero-order valence-electron chi connectivity index (χ0n) is 15.8. The lowest BCUT2D eigenvalue weighted by atomic mass is 10.2. The Kier molecular flexibility index (Phi) is 5.49. The lowest BCUT2D eigenvalue weighted by molar-refractivity contribution is 0.245. The molecule has 3 rings (SSSR count). The van der Waals surface area contributed by atoms with Crippen molar-refractivity contribution in [3.63, 3.8) is 0 Å². The molecule has 0 bridgehead atoms. The fraction of sp³-hybridized carbons (Fsp3) is 0.389. The Labute approximate surface area is 157 Å². The van der Waals surface area contributed by atoms with Gasteiger partial charge in [-0.05, 0) is 31.9 Å². The minimum absolute atomic E-state index is 0.303. The molecule has 0 saturated heterocycles. The summed E-state index contributed by atoms with van der Waals surface area (Å²) in [4.78, 5) is 20.8. The lowest BCUT2D eigenvalue weighted by Crippen LogP contribution is -2.32. The quantitative estimate of drug-likeness (QED) is 0.690. The predicted molar refractivity (Wildman–Crippen MR) is 99.9 cm³/mol. The predicted octanol–water partition coefficient (Wildman–Crippen LogP) is 3.18. The molecule has 3 aromatic heterocycles. The van der Waals surface area contributed by atoms with Gasteiger partial charge in [0, 0.05) is 18.8 Å². The van der Waals surface area contributed by atoms with Gasteiger partial charge in [-0.25, -0.2) is 9.48 Å². The third-order valence-electron chi connectivity index (χ3n) is 3.74. The van der Waals surface area contributed by atoms with Crippen LogP contribution >= 0.6 is 0 Å². The minimum atomic E-state index is -0.461. The summed E-state index contributed by atoms with van der Waals surface area (Å²) in [5, 5.41) is 13.9. The van der Waals surface area contributed by atoms with Crippen LogP contribution in [-0.4, -0.2) is 30.9 Å². The van der Waals surface area contributed by atoms with Crippen LogP contribution in [0.5, 0.6) is 0 Å². The van der Waals surface area contributed by atoms with Gasteiger partial charge in [-0.15, -0.1) is 0 Å². The van der Waals surface area contributed by atoms with Crippen molar-refractivity contribution in [1.29, 1.82) is 0 Å². The van der Waals surface area contributed by atoms with Crippen LogP contribution in [0.25, 0.3) is 11.5 Å². The van der Waals surface area contributed by atoms with Crippen LogP contribution in [0.4, 0.5) is 10.6 Å². The number of rotatable bonds is 6. The molecule has 0 unspecified atom stereocenters. The van der Waals surface area contributed by atoms with E-state index in [-0.39, 0.29) is 6.03 Å². The van der Waals surface area contributed by atoms with E-state index in [0.29, 0.717) is 29.1 Å². The Morgan fingerprint density at radius 3 is 2.81 bits per heavy atom. The summed E-state index contributed by atoms with van der Waals surface area (Å²) in [5.41, 5.74) is 1.45. The molecule has 0 spiro atoms. The Hall–Kier alpha value is -3.23. The van der Waals surface area contributed by atoms with Gasteiger partial charge in [0.2, 0.25) is 11.7 Å². The summed E-state index contributed by atoms with van der Waals surface area (Å²) in [6, 6.07) is 6.44. The highest BCUT2D eigenvalue weighted by Gasteiger charge is 2.19. The maximum atomic E-state index is 12.4. The second kappa shape index (κ2) is 7.98. The number of anilines is 1. The molecule has 0 aliphatic heterocycles. The Bertz CT molecular complexity index is 902. The Morgan fingerprint density at radius 1 is 1.30 bits per heavy atom. The smallest absolute Gasteiger partial charge is 0.321 e. The number of hydrogen-bond donors (Lipinski definition) is 2. The molecule has 0 saturated carbocycles. The first kappa shape index (κ1) is 18.6. The average molecular weight is 369 g/mol. The molecule has 1 atom stereocenters. The molecule has 9 nitrogen and oxygen atoms in total. The van der Waals surface area contributed by atoms with Crippen molar-refractivity contribution < 1.29 is 9.32 Å². The molecular weight excluding hydrogens is 346 g/mol. The highest BCUT2D eigenvalue weighted by Crippen LogP contribution is 2.17. The molecule has 0 aliphatic carbocycles. The first-order chi connectivity index (χ1) is 12.9. The Balaban J connectivity index is 1.64. The first-order valence-electron chi connectivity index (χ1n) is 8.79. The standard InChI is InChI=1S/C18H23N7O2/c1-11(2)10-25-15(9-12(3)23-25)21-18(26)20-13(4)17-22-16(24-27-17)14-7-5-6-8-19-14/h5-9,11,13H,10H2,1-4H3,(H2,20,21,26)/t13-/m0/s1. The fourth-order valence-corrected chi connectivity index (χ4v) is 2.55. The van der Waals surface area contributed by atoms with E-state index in [0.717, 1.165) is 12.2 Å². The lowest BCUT2D eigenvalue weighted by Gasteiger charge is -2.13. The van der Waals surface area contributed by atoms with Gasteiger partial charge in [0.1, 0.15) is 17.6 Å². The number of aryl methyl sites for hydroxylation is 1. The first-order valence-corrected chi connectivity index (χ1v) is 8.79. The fourth-order valence-electron chi connectivity index (χ4n) is 2.55. The molecule has 0 fully saturated rings. The molecule has 3 aromatic rings. The van der Waals surface area contributed by atoms with Crippen molar-refractivity contribution in [3.8, 4) is 11.5 Å². The average Bonchev–Trinajstić information content (AvgIpc) is 3.22. The largest absolute Gasteiger partial charge is 0.337 e. The third-order valence-corrected chi connectivity index (χ3v) is 3.74. The normalized spacial score (nSPS) is 12.2. The number of nitrogens with zero attached hydrogens (tertiary/aromatic N) is 5. The van der Waals surface area contributed by atoms with Crippen molar-refractivity contribution in [2.24, 2.45) is 5.92 Å². The summed E-state index contributed by atoms with van der Waals surface area (Å²) < 4.78 is 7.04. The number of aromatic nitrogens is 5. The number of pyridine rings is 1. The van der Waals surface area contributed by atoms with Crippen molar-refractivity contribution in [3.05, 3.63) is 42.0 Å². The van der Waals surface area contributed by atoms with Crippen LogP contribution in [0.1, 0.15) is 38.4 Å². The second-order valence-electron chi connectivity index (χ2n) is 6.74. The van der Waals surface area contributed by atoms with Crippen LogP contribution in [0.3, 0.4) is 0 Å². The van der Waals surface area contributed by atoms with E-state index in [1.54, 1.807) is 23.9 Å². The molecular formula is C18H23N7O2. The third kappa shape index (κ3) is 4.69. The van der Waals surface area contributed by atoms with E-state index in [1.807, 2.05) is 25.1 Å². The SMILES string of the molecule is Cc1cc(NC(=O)N[C@@H](C)c2nc(-c3ccccn3)no2)n(CC(C)C)n1. The molecule has 0 radical (unpaired) electrons. The highest BCUT2D eigenvalue weighted by molar-refractivity contribution is 5.88. The van der Waals surface area contributed by atoms with Gasteiger partial charge in [0.05, 0.1) is 5.69 Å². The van der Waals surface area contributed by atoms with Crippen LogP contribution in [0.2, 0.25) is 0 Å². The molecule has 142 valence electrons. The summed E-state index contributed by atoms with van der Waals surface area (Å²) >= 11 is 0. The molecule has 2 N–H and O–H groups in total. The molecule has 9 heteroatoms.